The minimum atomic E-state index is -0.0665. The number of hydrogen-bond donors (Lipinski definition) is 0. The zero-order chi connectivity index (χ0) is 17.1. The molecule has 24 heavy (non-hydrogen) atoms. The number of rotatable bonds is 4. The van der Waals surface area contributed by atoms with Gasteiger partial charge in [0.1, 0.15) is 6.10 Å². The molecule has 1 amide bonds. The smallest absolute Gasteiger partial charge is 0.253 e. The van der Waals surface area contributed by atoms with Crippen molar-refractivity contribution < 1.29 is 14.3 Å². The second-order valence-corrected chi connectivity index (χ2v) is 5.99. The Balaban J connectivity index is 1.61. The highest BCUT2D eigenvalue weighted by atomic mass is 16.5. The van der Waals surface area contributed by atoms with Gasteiger partial charge in [0, 0.05) is 30.7 Å². The van der Waals surface area contributed by atoms with Gasteiger partial charge in [0.2, 0.25) is 11.8 Å². The summed E-state index contributed by atoms with van der Waals surface area (Å²) < 4.78 is 10.8. The van der Waals surface area contributed by atoms with Crippen molar-refractivity contribution in [2.75, 3.05) is 20.2 Å². The van der Waals surface area contributed by atoms with E-state index >= 15 is 0 Å². The van der Waals surface area contributed by atoms with Crippen LogP contribution in [0.25, 0.3) is 0 Å². The Kier molecular flexibility index (Phi) is 4.64. The van der Waals surface area contributed by atoms with Crippen molar-refractivity contribution in [1.29, 1.82) is 0 Å². The predicted molar refractivity (Wildman–Crippen MR) is 89.4 cm³/mol. The van der Waals surface area contributed by atoms with Crippen LogP contribution >= 0.6 is 0 Å². The third-order valence-electron chi connectivity index (χ3n) is 4.30. The van der Waals surface area contributed by atoms with E-state index in [-0.39, 0.29) is 12.0 Å². The van der Waals surface area contributed by atoms with Crippen LogP contribution in [0.1, 0.15) is 27.9 Å². The van der Waals surface area contributed by atoms with Crippen LogP contribution in [0.5, 0.6) is 11.8 Å². The number of nitrogens with zero attached hydrogens (tertiary/aromatic N) is 3. The van der Waals surface area contributed by atoms with Crippen molar-refractivity contribution in [2.45, 2.75) is 26.4 Å². The Bertz CT molecular complexity index is 731. The summed E-state index contributed by atoms with van der Waals surface area (Å²) in [7, 11) is 1.54. The third kappa shape index (κ3) is 3.48. The van der Waals surface area contributed by atoms with Gasteiger partial charge in [-0.2, -0.15) is 0 Å². The first-order valence-corrected chi connectivity index (χ1v) is 7.97. The monoisotopic (exact) mass is 327 g/mol. The standard InChI is InChI=1S/C18H21N3O3/c1-12-4-5-14(10-13(12)2)18(22)21-9-8-15(11-21)24-17-7-6-16(23-3)19-20-17/h4-7,10,15H,8-9,11H2,1-3H3. The van der Waals surface area contributed by atoms with E-state index < -0.39 is 0 Å². The molecule has 1 aromatic carbocycles. The fourth-order valence-corrected chi connectivity index (χ4v) is 2.72. The molecule has 6 heteroatoms. The highest BCUT2D eigenvalue weighted by Gasteiger charge is 2.28. The molecule has 0 bridgehead atoms. The van der Waals surface area contributed by atoms with Crippen molar-refractivity contribution in [2.24, 2.45) is 0 Å². The molecule has 6 nitrogen and oxygen atoms in total. The molecule has 2 heterocycles. The molecule has 0 radical (unpaired) electrons. The van der Waals surface area contributed by atoms with Gasteiger partial charge in [0.05, 0.1) is 13.7 Å². The molecule has 1 saturated heterocycles. The molecule has 1 fully saturated rings. The van der Waals surface area contributed by atoms with Crippen molar-refractivity contribution in [1.82, 2.24) is 15.1 Å². The van der Waals surface area contributed by atoms with Crippen LogP contribution in [0.15, 0.2) is 30.3 Å². The van der Waals surface area contributed by atoms with Crippen LogP contribution < -0.4 is 9.47 Å². The van der Waals surface area contributed by atoms with Gasteiger partial charge in [-0.3, -0.25) is 4.79 Å². The van der Waals surface area contributed by atoms with Gasteiger partial charge >= 0.3 is 0 Å². The third-order valence-corrected chi connectivity index (χ3v) is 4.30. The molecular weight excluding hydrogens is 306 g/mol. The van der Waals surface area contributed by atoms with E-state index in [1.165, 1.54) is 12.7 Å². The molecule has 3 rings (SSSR count). The summed E-state index contributed by atoms with van der Waals surface area (Å²) in [6.45, 7) is 5.29. The highest BCUT2D eigenvalue weighted by molar-refractivity contribution is 5.94. The summed E-state index contributed by atoms with van der Waals surface area (Å²) >= 11 is 0. The number of ether oxygens (including phenoxy) is 2. The van der Waals surface area contributed by atoms with E-state index in [0.29, 0.717) is 24.8 Å². The number of carbonyl (C=O) groups is 1. The molecule has 0 aliphatic carbocycles. The number of likely N-dealkylation sites (tertiary alicyclic amines) is 1. The predicted octanol–water partition coefficient (Wildman–Crippen LogP) is 2.40. The molecule has 0 N–H and O–H groups in total. The maximum absolute atomic E-state index is 12.6. The summed E-state index contributed by atoms with van der Waals surface area (Å²) in [5.41, 5.74) is 3.04. The fraction of sp³-hybridized carbons (Fsp3) is 0.389. The topological polar surface area (TPSA) is 64.6 Å². The lowest BCUT2D eigenvalue weighted by atomic mass is 10.1. The summed E-state index contributed by atoms with van der Waals surface area (Å²) in [4.78, 5) is 14.4. The number of benzene rings is 1. The summed E-state index contributed by atoms with van der Waals surface area (Å²) in [5.74, 6) is 0.937. The van der Waals surface area contributed by atoms with Crippen molar-refractivity contribution >= 4 is 5.91 Å². The normalized spacial score (nSPS) is 17.0. The van der Waals surface area contributed by atoms with Gasteiger partial charge in [-0.15, -0.1) is 10.2 Å². The number of aryl methyl sites for hydroxylation is 2. The number of hydrogen-bond acceptors (Lipinski definition) is 5. The van der Waals surface area contributed by atoms with Crippen LogP contribution in [0.2, 0.25) is 0 Å². The zero-order valence-corrected chi connectivity index (χ0v) is 14.2. The Morgan fingerprint density at radius 3 is 2.54 bits per heavy atom. The first kappa shape index (κ1) is 16.2. The summed E-state index contributed by atoms with van der Waals surface area (Å²) in [6.07, 6.45) is 0.716. The molecule has 2 aromatic rings. The number of aromatic nitrogens is 2. The molecular formula is C18H21N3O3. The first-order chi connectivity index (χ1) is 11.6. The average Bonchev–Trinajstić information content (AvgIpc) is 3.06. The minimum Gasteiger partial charge on any atom is -0.480 e. The maximum atomic E-state index is 12.6. The van der Waals surface area contributed by atoms with Crippen LogP contribution in [-0.2, 0) is 0 Å². The molecule has 1 aromatic heterocycles. The van der Waals surface area contributed by atoms with Gasteiger partial charge in [0.15, 0.2) is 0 Å². The number of methoxy groups -OCH3 is 1. The van der Waals surface area contributed by atoms with Gasteiger partial charge in [-0.25, -0.2) is 0 Å². The van der Waals surface area contributed by atoms with Gasteiger partial charge in [0.25, 0.3) is 5.91 Å². The SMILES string of the molecule is COc1ccc(OC2CCN(C(=O)c3ccc(C)c(C)c3)C2)nn1. The van der Waals surface area contributed by atoms with Gasteiger partial charge in [-0.1, -0.05) is 6.07 Å². The van der Waals surface area contributed by atoms with Crippen LogP contribution in [0, 0.1) is 13.8 Å². The molecule has 1 aliphatic heterocycles. The molecule has 1 unspecified atom stereocenters. The molecule has 1 aliphatic rings. The molecule has 0 saturated carbocycles. The van der Waals surface area contributed by atoms with E-state index in [9.17, 15) is 4.79 Å². The zero-order valence-electron chi connectivity index (χ0n) is 14.2. The van der Waals surface area contributed by atoms with Crippen molar-refractivity contribution in [3.8, 4) is 11.8 Å². The second-order valence-electron chi connectivity index (χ2n) is 5.99. The lowest BCUT2D eigenvalue weighted by Crippen LogP contribution is -2.31. The van der Waals surface area contributed by atoms with E-state index in [4.69, 9.17) is 9.47 Å². The average molecular weight is 327 g/mol. The largest absolute Gasteiger partial charge is 0.480 e. The Labute approximate surface area is 141 Å². The second kappa shape index (κ2) is 6.86. The maximum Gasteiger partial charge on any atom is 0.253 e. The molecule has 0 spiro atoms. The van der Waals surface area contributed by atoms with Crippen LogP contribution in [0.3, 0.4) is 0 Å². The first-order valence-electron chi connectivity index (χ1n) is 7.97. The highest BCUT2D eigenvalue weighted by Crippen LogP contribution is 2.20. The van der Waals surface area contributed by atoms with Gasteiger partial charge in [-0.05, 0) is 37.1 Å². The van der Waals surface area contributed by atoms with Crippen LogP contribution in [0.4, 0.5) is 0 Å². The Morgan fingerprint density at radius 2 is 1.88 bits per heavy atom. The van der Waals surface area contributed by atoms with Gasteiger partial charge < -0.3 is 14.4 Å². The quantitative estimate of drug-likeness (QED) is 0.863. The Morgan fingerprint density at radius 1 is 1.12 bits per heavy atom. The lowest BCUT2D eigenvalue weighted by molar-refractivity contribution is 0.0771. The van der Waals surface area contributed by atoms with E-state index in [0.717, 1.165) is 17.5 Å². The lowest BCUT2D eigenvalue weighted by Gasteiger charge is -2.17. The minimum absolute atomic E-state index is 0.0463. The van der Waals surface area contributed by atoms with E-state index in [2.05, 4.69) is 10.2 Å². The molecule has 1 atom stereocenters. The number of carbonyl (C=O) groups excluding carboxylic acids is 1. The molecule has 126 valence electrons. The fourth-order valence-electron chi connectivity index (χ4n) is 2.72. The van der Waals surface area contributed by atoms with Crippen LogP contribution in [-0.4, -0.2) is 47.3 Å². The Hall–Kier alpha value is -2.63. The summed E-state index contributed by atoms with van der Waals surface area (Å²) in [5, 5.41) is 7.84. The van der Waals surface area contributed by atoms with Crippen molar-refractivity contribution in [3.05, 3.63) is 47.0 Å². The van der Waals surface area contributed by atoms with E-state index in [1.807, 2.05) is 36.9 Å². The summed E-state index contributed by atoms with van der Waals surface area (Å²) in [6, 6.07) is 9.24. The van der Waals surface area contributed by atoms with E-state index in [1.54, 1.807) is 12.1 Å². The number of amides is 1. The van der Waals surface area contributed by atoms with Crippen molar-refractivity contribution in [3.63, 3.8) is 0 Å².